The van der Waals surface area contributed by atoms with Crippen LogP contribution in [-0.2, 0) is 4.79 Å². The van der Waals surface area contributed by atoms with E-state index in [1.807, 2.05) is 11.0 Å². The van der Waals surface area contributed by atoms with Crippen LogP contribution in [0, 0.1) is 17.1 Å². The SMILES string of the molecule is N#Cc1cccnc1Oc1cc(N2C(=O)[C@@H]3CCCCN3C2=S)c(F)cc1Cl. The minimum Gasteiger partial charge on any atom is -0.436 e. The Hall–Kier alpha value is -2.76. The number of anilines is 1. The molecule has 1 atom stereocenters. The Bertz CT molecular complexity index is 1000. The lowest BCUT2D eigenvalue weighted by molar-refractivity contribution is -0.120. The molecule has 9 heteroatoms. The quantitative estimate of drug-likeness (QED) is 0.704. The van der Waals surface area contributed by atoms with Gasteiger partial charge in [0, 0.05) is 18.8 Å². The van der Waals surface area contributed by atoms with E-state index >= 15 is 0 Å². The molecule has 2 aromatic rings. The second kappa shape index (κ2) is 7.34. The smallest absolute Gasteiger partial charge is 0.256 e. The number of piperidine rings is 1. The summed E-state index contributed by atoms with van der Waals surface area (Å²) in [5, 5.41) is 9.45. The summed E-state index contributed by atoms with van der Waals surface area (Å²) in [5.41, 5.74) is 0.174. The van der Waals surface area contributed by atoms with Crippen LogP contribution in [0.1, 0.15) is 24.8 Å². The Morgan fingerprint density at radius 2 is 2.21 bits per heavy atom. The molecule has 3 heterocycles. The maximum atomic E-state index is 14.7. The molecule has 0 spiro atoms. The second-order valence-electron chi connectivity index (χ2n) is 6.47. The minimum absolute atomic E-state index is 0.00826. The molecule has 0 N–H and O–H groups in total. The number of pyridine rings is 1. The van der Waals surface area contributed by atoms with E-state index in [-0.39, 0.29) is 45.0 Å². The van der Waals surface area contributed by atoms with E-state index in [4.69, 9.17) is 28.6 Å². The van der Waals surface area contributed by atoms with Gasteiger partial charge in [-0.1, -0.05) is 11.6 Å². The molecule has 1 aromatic heterocycles. The summed E-state index contributed by atoms with van der Waals surface area (Å²) in [5.74, 6) is -0.826. The van der Waals surface area contributed by atoms with E-state index in [2.05, 4.69) is 4.98 Å². The maximum Gasteiger partial charge on any atom is 0.256 e. The molecule has 1 aromatic carbocycles. The Balaban J connectivity index is 1.73. The number of thiocarbonyl (C=S) groups is 1. The van der Waals surface area contributed by atoms with Crippen molar-refractivity contribution >= 4 is 40.5 Å². The zero-order valence-corrected chi connectivity index (χ0v) is 16.1. The van der Waals surface area contributed by atoms with Crippen LogP contribution < -0.4 is 9.64 Å². The van der Waals surface area contributed by atoms with Crippen molar-refractivity contribution < 1.29 is 13.9 Å². The number of carbonyl (C=O) groups is 1. The van der Waals surface area contributed by atoms with Crippen molar-refractivity contribution in [1.82, 2.24) is 9.88 Å². The molecule has 1 amide bonds. The zero-order chi connectivity index (χ0) is 19.8. The van der Waals surface area contributed by atoms with Crippen molar-refractivity contribution in [1.29, 1.82) is 5.26 Å². The van der Waals surface area contributed by atoms with Gasteiger partial charge < -0.3 is 9.64 Å². The summed E-state index contributed by atoms with van der Waals surface area (Å²) in [7, 11) is 0. The highest BCUT2D eigenvalue weighted by Gasteiger charge is 2.45. The van der Waals surface area contributed by atoms with Crippen molar-refractivity contribution in [2.75, 3.05) is 11.4 Å². The topological polar surface area (TPSA) is 69.5 Å². The number of nitriles is 1. The van der Waals surface area contributed by atoms with E-state index in [9.17, 15) is 14.4 Å². The number of benzene rings is 1. The molecule has 0 radical (unpaired) electrons. The summed E-state index contributed by atoms with van der Waals surface area (Å²) in [6.45, 7) is 0.670. The molecule has 0 bridgehead atoms. The highest BCUT2D eigenvalue weighted by atomic mass is 35.5. The number of hydrogen-bond acceptors (Lipinski definition) is 5. The molecule has 2 saturated heterocycles. The molecular weight excluding hydrogens is 403 g/mol. The highest BCUT2D eigenvalue weighted by molar-refractivity contribution is 7.80. The van der Waals surface area contributed by atoms with Gasteiger partial charge in [-0.05, 0) is 49.7 Å². The van der Waals surface area contributed by atoms with E-state index in [0.29, 0.717) is 13.0 Å². The summed E-state index contributed by atoms with van der Waals surface area (Å²) in [6.07, 6.45) is 4.02. The van der Waals surface area contributed by atoms with Crippen LogP contribution in [0.2, 0.25) is 5.02 Å². The number of amides is 1. The number of ether oxygens (including phenoxy) is 1. The third kappa shape index (κ3) is 3.07. The summed E-state index contributed by atoms with van der Waals surface area (Å²) < 4.78 is 20.4. The van der Waals surface area contributed by atoms with Gasteiger partial charge in [-0.25, -0.2) is 9.37 Å². The fraction of sp³-hybridized carbons (Fsp3) is 0.263. The molecule has 2 fully saturated rings. The van der Waals surface area contributed by atoms with Crippen LogP contribution in [0.4, 0.5) is 10.1 Å². The summed E-state index contributed by atoms with van der Waals surface area (Å²) in [6, 6.07) is 7.12. The standard InChI is InChI=1S/C19H14ClFN4O2S/c20-12-8-13(21)15(9-16(12)27-17-11(10-22)4-3-6-23-17)25-18(26)14-5-1-2-7-24(14)19(25)28/h3-4,6,8-9,14H,1-2,5,7H2/t14-/m0/s1. The molecule has 0 saturated carbocycles. The van der Waals surface area contributed by atoms with Crippen molar-refractivity contribution in [3.05, 3.63) is 46.9 Å². The highest BCUT2D eigenvalue weighted by Crippen LogP contribution is 2.38. The van der Waals surface area contributed by atoms with Crippen molar-refractivity contribution in [3.63, 3.8) is 0 Å². The van der Waals surface area contributed by atoms with Gasteiger partial charge in [-0.3, -0.25) is 9.69 Å². The van der Waals surface area contributed by atoms with Gasteiger partial charge in [-0.15, -0.1) is 0 Å². The number of hydrogen-bond donors (Lipinski definition) is 0. The monoisotopic (exact) mass is 416 g/mol. The maximum absolute atomic E-state index is 14.7. The first kappa shape index (κ1) is 18.6. The van der Waals surface area contributed by atoms with Gasteiger partial charge >= 0.3 is 0 Å². The minimum atomic E-state index is -0.686. The second-order valence-corrected chi connectivity index (χ2v) is 7.24. The van der Waals surface area contributed by atoms with Crippen LogP contribution in [0.15, 0.2) is 30.5 Å². The fourth-order valence-electron chi connectivity index (χ4n) is 3.44. The van der Waals surface area contributed by atoms with Crippen molar-refractivity contribution in [2.24, 2.45) is 0 Å². The van der Waals surface area contributed by atoms with Gasteiger partial charge in [-0.2, -0.15) is 5.26 Å². The van der Waals surface area contributed by atoms with Crippen LogP contribution in [0.5, 0.6) is 11.6 Å². The molecule has 4 rings (SSSR count). The van der Waals surface area contributed by atoms with E-state index in [1.165, 1.54) is 23.2 Å². The molecular formula is C19H14ClFN4O2S. The van der Waals surface area contributed by atoms with Crippen molar-refractivity contribution in [2.45, 2.75) is 25.3 Å². The summed E-state index contributed by atoms with van der Waals surface area (Å²) >= 11 is 11.6. The Kier molecular flexibility index (Phi) is 4.87. The zero-order valence-electron chi connectivity index (χ0n) is 14.6. The average molecular weight is 417 g/mol. The van der Waals surface area contributed by atoms with Gasteiger partial charge in [0.15, 0.2) is 5.11 Å². The molecule has 28 heavy (non-hydrogen) atoms. The lowest BCUT2D eigenvalue weighted by atomic mass is 10.0. The van der Waals surface area contributed by atoms with Crippen molar-refractivity contribution in [3.8, 4) is 17.7 Å². The van der Waals surface area contributed by atoms with Gasteiger partial charge in [0.1, 0.15) is 29.2 Å². The molecule has 2 aliphatic rings. The number of aromatic nitrogens is 1. The lowest BCUT2D eigenvalue weighted by Gasteiger charge is -2.27. The van der Waals surface area contributed by atoms with Crippen LogP contribution >= 0.6 is 23.8 Å². The molecule has 6 nitrogen and oxygen atoms in total. The van der Waals surface area contributed by atoms with E-state index in [0.717, 1.165) is 18.9 Å². The van der Waals surface area contributed by atoms with E-state index in [1.54, 1.807) is 6.07 Å². The number of rotatable bonds is 3. The first-order valence-corrected chi connectivity index (χ1v) is 9.46. The first-order chi connectivity index (χ1) is 13.5. The fourth-order valence-corrected chi connectivity index (χ4v) is 4.04. The van der Waals surface area contributed by atoms with Crippen LogP contribution in [0.25, 0.3) is 0 Å². The Morgan fingerprint density at radius 1 is 1.39 bits per heavy atom. The van der Waals surface area contributed by atoms with Crippen LogP contribution in [-0.4, -0.2) is 33.5 Å². The molecule has 0 unspecified atom stereocenters. The third-order valence-electron chi connectivity index (χ3n) is 4.79. The van der Waals surface area contributed by atoms with Gasteiger partial charge in [0.05, 0.1) is 10.7 Å². The number of fused-ring (bicyclic) bond motifs is 1. The lowest BCUT2D eigenvalue weighted by Crippen LogP contribution is -2.38. The van der Waals surface area contributed by atoms with Crippen LogP contribution in [0.3, 0.4) is 0 Å². The van der Waals surface area contributed by atoms with Gasteiger partial charge in [0.2, 0.25) is 5.88 Å². The Labute approximate surface area is 171 Å². The Morgan fingerprint density at radius 3 is 2.96 bits per heavy atom. The van der Waals surface area contributed by atoms with Gasteiger partial charge in [0.25, 0.3) is 5.91 Å². The third-order valence-corrected chi connectivity index (χ3v) is 5.50. The predicted molar refractivity (Wildman–Crippen MR) is 105 cm³/mol. The normalized spacial score (nSPS) is 18.8. The first-order valence-electron chi connectivity index (χ1n) is 8.68. The molecule has 142 valence electrons. The number of halogens is 2. The molecule has 0 aliphatic carbocycles. The average Bonchev–Trinajstić information content (AvgIpc) is 2.95. The number of nitrogens with zero attached hydrogens (tertiary/aromatic N) is 4. The molecule has 2 aliphatic heterocycles. The summed E-state index contributed by atoms with van der Waals surface area (Å²) in [4.78, 5) is 19.9. The largest absolute Gasteiger partial charge is 0.436 e. The number of carbonyl (C=O) groups excluding carboxylic acids is 1. The predicted octanol–water partition coefficient (Wildman–Crippen LogP) is 4.02. The van der Waals surface area contributed by atoms with E-state index < -0.39 is 5.82 Å².